The van der Waals surface area contributed by atoms with Crippen LogP contribution in [0.4, 0.5) is 14.5 Å². The number of anilines is 1. The van der Waals surface area contributed by atoms with Crippen LogP contribution in [-0.4, -0.2) is 38.8 Å². The molecule has 1 aliphatic heterocycles. The van der Waals surface area contributed by atoms with E-state index in [2.05, 4.69) is 19.2 Å². The molecule has 0 aliphatic carbocycles. The van der Waals surface area contributed by atoms with Crippen molar-refractivity contribution in [2.45, 2.75) is 26.7 Å². The summed E-state index contributed by atoms with van der Waals surface area (Å²) in [6.45, 7) is 7.36. The fraction of sp³-hybridized carbons (Fsp3) is 0.611. The monoisotopic (exact) mass is 340 g/mol. The van der Waals surface area contributed by atoms with Crippen molar-refractivity contribution in [3.8, 4) is 0 Å². The second-order valence-electron chi connectivity index (χ2n) is 6.72. The Morgan fingerprint density at radius 2 is 2.17 bits per heavy atom. The molecule has 0 radical (unpaired) electrons. The zero-order chi connectivity index (χ0) is 17.5. The fourth-order valence-corrected chi connectivity index (χ4v) is 2.75. The highest BCUT2D eigenvalue weighted by molar-refractivity contribution is 5.75. The van der Waals surface area contributed by atoms with Crippen LogP contribution < -0.4 is 10.2 Å². The normalized spacial score (nSPS) is 17.5. The Labute approximate surface area is 142 Å². The second kappa shape index (κ2) is 8.97. The minimum Gasteiger partial charge on any atom is -0.381 e. The van der Waals surface area contributed by atoms with E-state index in [1.54, 1.807) is 6.07 Å². The summed E-state index contributed by atoms with van der Waals surface area (Å²) >= 11 is 0. The highest BCUT2D eigenvalue weighted by atomic mass is 19.2. The first-order valence-corrected chi connectivity index (χ1v) is 8.50. The van der Waals surface area contributed by atoms with Gasteiger partial charge in [-0.3, -0.25) is 4.79 Å². The number of nitrogens with zero attached hydrogens (tertiary/aromatic N) is 1. The van der Waals surface area contributed by atoms with Gasteiger partial charge < -0.3 is 15.0 Å². The Morgan fingerprint density at radius 3 is 2.88 bits per heavy atom. The average Bonchev–Trinajstić information content (AvgIpc) is 3.01. The maximum atomic E-state index is 13.3. The second-order valence-corrected chi connectivity index (χ2v) is 6.72. The van der Waals surface area contributed by atoms with Crippen molar-refractivity contribution >= 4 is 11.6 Å². The third kappa shape index (κ3) is 5.74. The molecular formula is C18H26F2N2O2. The molecule has 1 atom stereocenters. The summed E-state index contributed by atoms with van der Waals surface area (Å²) in [4.78, 5) is 13.8. The van der Waals surface area contributed by atoms with E-state index in [0.717, 1.165) is 25.6 Å². The van der Waals surface area contributed by atoms with Gasteiger partial charge in [0.05, 0.1) is 6.61 Å². The van der Waals surface area contributed by atoms with Gasteiger partial charge >= 0.3 is 0 Å². The van der Waals surface area contributed by atoms with Crippen molar-refractivity contribution in [2.24, 2.45) is 11.8 Å². The number of ether oxygens (including phenoxy) is 1. The van der Waals surface area contributed by atoms with Crippen LogP contribution >= 0.6 is 0 Å². The molecule has 1 aliphatic rings. The Balaban J connectivity index is 1.68. The first-order chi connectivity index (χ1) is 11.5. The van der Waals surface area contributed by atoms with E-state index in [4.69, 9.17) is 4.74 Å². The Hall–Kier alpha value is -1.69. The SMILES string of the molecule is CC(C)COCCC(=O)NCC1CCN(c2ccc(F)c(F)c2)C1. The molecule has 1 unspecified atom stereocenters. The smallest absolute Gasteiger partial charge is 0.222 e. The van der Waals surface area contributed by atoms with Gasteiger partial charge in [-0.1, -0.05) is 13.8 Å². The van der Waals surface area contributed by atoms with Crippen LogP contribution in [-0.2, 0) is 9.53 Å². The summed E-state index contributed by atoms with van der Waals surface area (Å²) in [7, 11) is 0. The van der Waals surface area contributed by atoms with Crippen LogP contribution in [0, 0.1) is 23.5 Å². The molecule has 1 amide bonds. The van der Waals surface area contributed by atoms with Crippen molar-refractivity contribution < 1.29 is 18.3 Å². The molecule has 1 heterocycles. The summed E-state index contributed by atoms with van der Waals surface area (Å²) in [6, 6.07) is 3.96. The molecule has 1 aromatic carbocycles. The zero-order valence-corrected chi connectivity index (χ0v) is 14.4. The third-order valence-electron chi connectivity index (χ3n) is 4.07. The summed E-state index contributed by atoms with van der Waals surface area (Å²) in [5.74, 6) is -0.885. The molecule has 0 bridgehead atoms. The molecule has 1 N–H and O–H groups in total. The van der Waals surface area contributed by atoms with Crippen molar-refractivity contribution in [3.05, 3.63) is 29.8 Å². The van der Waals surface area contributed by atoms with E-state index in [9.17, 15) is 13.6 Å². The molecule has 6 heteroatoms. The number of amides is 1. The predicted octanol–water partition coefficient (Wildman–Crippen LogP) is 2.97. The highest BCUT2D eigenvalue weighted by Crippen LogP contribution is 2.24. The number of hydrogen-bond acceptors (Lipinski definition) is 3. The lowest BCUT2D eigenvalue weighted by Crippen LogP contribution is -2.31. The van der Waals surface area contributed by atoms with E-state index in [1.807, 2.05) is 4.90 Å². The quantitative estimate of drug-likeness (QED) is 0.740. The van der Waals surface area contributed by atoms with E-state index in [-0.39, 0.29) is 5.91 Å². The maximum absolute atomic E-state index is 13.3. The number of rotatable bonds is 8. The minimum atomic E-state index is -0.832. The van der Waals surface area contributed by atoms with Gasteiger partial charge in [0.25, 0.3) is 0 Å². The lowest BCUT2D eigenvalue weighted by Gasteiger charge is -2.19. The number of carbonyl (C=O) groups is 1. The van der Waals surface area contributed by atoms with Crippen molar-refractivity contribution in [1.82, 2.24) is 5.32 Å². The standard InChI is InChI=1S/C18H26F2N2O2/c1-13(2)12-24-8-6-18(23)21-10-14-5-7-22(11-14)15-3-4-16(19)17(20)9-15/h3-4,9,13-14H,5-8,10-12H2,1-2H3,(H,21,23). The van der Waals surface area contributed by atoms with Crippen LogP contribution in [0.2, 0.25) is 0 Å². The highest BCUT2D eigenvalue weighted by Gasteiger charge is 2.23. The lowest BCUT2D eigenvalue weighted by atomic mass is 10.1. The number of hydrogen-bond donors (Lipinski definition) is 1. The number of halogens is 2. The molecule has 134 valence electrons. The Morgan fingerprint density at radius 1 is 1.38 bits per heavy atom. The van der Waals surface area contributed by atoms with Gasteiger partial charge in [-0.2, -0.15) is 0 Å². The van der Waals surface area contributed by atoms with Crippen molar-refractivity contribution in [1.29, 1.82) is 0 Å². The minimum absolute atomic E-state index is 0.00923. The van der Waals surface area contributed by atoms with E-state index < -0.39 is 11.6 Å². The molecular weight excluding hydrogens is 314 g/mol. The zero-order valence-electron chi connectivity index (χ0n) is 14.4. The van der Waals surface area contributed by atoms with Gasteiger partial charge in [-0.05, 0) is 30.4 Å². The topological polar surface area (TPSA) is 41.6 Å². The van der Waals surface area contributed by atoms with Gasteiger partial charge in [0.2, 0.25) is 5.91 Å². The molecule has 0 aromatic heterocycles. The van der Waals surface area contributed by atoms with E-state index >= 15 is 0 Å². The van der Waals surface area contributed by atoms with Crippen molar-refractivity contribution in [2.75, 3.05) is 37.7 Å². The summed E-state index contributed by atoms with van der Waals surface area (Å²) in [5.41, 5.74) is 0.685. The van der Waals surface area contributed by atoms with Gasteiger partial charge in [-0.15, -0.1) is 0 Å². The van der Waals surface area contributed by atoms with Crippen LogP contribution in [0.5, 0.6) is 0 Å². The summed E-state index contributed by atoms with van der Waals surface area (Å²) in [5, 5.41) is 2.93. The molecule has 0 spiro atoms. The van der Waals surface area contributed by atoms with Crippen LogP contribution in [0.3, 0.4) is 0 Å². The third-order valence-corrected chi connectivity index (χ3v) is 4.07. The molecule has 1 saturated heterocycles. The molecule has 1 fully saturated rings. The van der Waals surface area contributed by atoms with Gasteiger partial charge in [0.1, 0.15) is 0 Å². The molecule has 2 rings (SSSR count). The fourth-order valence-electron chi connectivity index (χ4n) is 2.75. The first-order valence-electron chi connectivity index (χ1n) is 8.50. The number of carbonyl (C=O) groups excluding carboxylic acids is 1. The van der Waals surface area contributed by atoms with E-state index in [0.29, 0.717) is 43.7 Å². The van der Waals surface area contributed by atoms with Gasteiger partial charge in [-0.25, -0.2) is 8.78 Å². The van der Waals surface area contributed by atoms with Gasteiger partial charge in [0, 0.05) is 44.4 Å². The molecule has 24 heavy (non-hydrogen) atoms. The lowest BCUT2D eigenvalue weighted by molar-refractivity contribution is -0.122. The number of benzene rings is 1. The average molecular weight is 340 g/mol. The van der Waals surface area contributed by atoms with Crippen molar-refractivity contribution in [3.63, 3.8) is 0 Å². The number of nitrogens with one attached hydrogen (secondary N) is 1. The predicted molar refractivity (Wildman–Crippen MR) is 90.0 cm³/mol. The molecule has 0 saturated carbocycles. The Kier molecular flexibility index (Phi) is 6.97. The molecule has 1 aromatic rings. The largest absolute Gasteiger partial charge is 0.381 e. The summed E-state index contributed by atoms with van der Waals surface area (Å²) < 4.78 is 31.7. The van der Waals surface area contributed by atoms with Crippen LogP contribution in [0.1, 0.15) is 26.7 Å². The van der Waals surface area contributed by atoms with E-state index in [1.165, 1.54) is 6.07 Å². The van der Waals surface area contributed by atoms with Crippen LogP contribution in [0.25, 0.3) is 0 Å². The molecule has 4 nitrogen and oxygen atoms in total. The first kappa shape index (κ1) is 18.6. The summed E-state index contributed by atoms with van der Waals surface area (Å²) in [6.07, 6.45) is 1.29. The maximum Gasteiger partial charge on any atom is 0.222 e. The Bertz CT molecular complexity index is 552. The van der Waals surface area contributed by atoms with Crippen LogP contribution in [0.15, 0.2) is 18.2 Å². The van der Waals surface area contributed by atoms with Gasteiger partial charge in [0.15, 0.2) is 11.6 Å².